The predicted octanol–water partition coefficient (Wildman–Crippen LogP) is 2.65. The summed E-state index contributed by atoms with van der Waals surface area (Å²) in [6.07, 6.45) is 1.25. The summed E-state index contributed by atoms with van der Waals surface area (Å²) < 4.78 is 6.82. The highest BCUT2D eigenvalue weighted by Crippen LogP contribution is 2.19. The zero-order valence-electron chi connectivity index (χ0n) is 14.6. The third-order valence-corrected chi connectivity index (χ3v) is 4.41. The molecule has 0 saturated heterocycles. The summed E-state index contributed by atoms with van der Waals surface area (Å²) >= 11 is 1.62. The Morgan fingerprint density at radius 3 is 2.74 bits per heavy atom. The number of carbonyl (C=O) groups excluding carboxylic acids is 2. The number of alkyl carbamates (subject to hydrolysis) is 1. The first kappa shape index (κ1) is 18.7. The summed E-state index contributed by atoms with van der Waals surface area (Å²) in [5, 5.41) is 13.7. The third kappa shape index (κ3) is 5.96. The average Bonchev–Trinajstić information content (AvgIpc) is 3.37. The van der Waals surface area contributed by atoms with Crippen LogP contribution in [0.4, 0.5) is 4.79 Å². The molecule has 0 unspecified atom stereocenters. The fraction of sp³-hybridized carbons (Fsp3) is 0.211. The van der Waals surface area contributed by atoms with Gasteiger partial charge in [0.25, 0.3) is 0 Å². The molecule has 8 heteroatoms. The Kier molecular flexibility index (Phi) is 6.59. The molecule has 0 aliphatic rings. The van der Waals surface area contributed by atoms with Crippen LogP contribution in [0.3, 0.4) is 0 Å². The maximum absolute atomic E-state index is 11.8. The zero-order chi connectivity index (χ0) is 18.9. The van der Waals surface area contributed by atoms with Crippen LogP contribution >= 0.6 is 11.3 Å². The summed E-state index contributed by atoms with van der Waals surface area (Å²) in [4.78, 5) is 23.4. The molecule has 3 aromatic rings. The van der Waals surface area contributed by atoms with Crippen LogP contribution in [0, 0.1) is 0 Å². The van der Waals surface area contributed by atoms with Crippen molar-refractivity contribution in [2.75, 3.05) is 13.1 Å². The molecule has 2 N–H and O–H groups in total. The van der Waals surface area contributed by atoms with E-state index in [1.54, 1.807) is 16.0 Å². The van der Waals surface area contributed by atoms with Gasteiger partial charge in [-0.15, -0.1) is 0 Å². The number of amides is 2. The lowest BCUT2D eigenvalue weighted by Crippen LogP contribution is -2.38. The van der Waals surface area contributed by atoms with E-state index < -0.39 is 6.09 Å². The van der Waals surface area contributed by atoms with Crippen molar-refractivity contribution in [3.05, 3.63) is 65.0 Å². The van der Waals surface area contributed by atoms with Gasteiger partial charge in [-0.2, -0.15) is 16.4 Å². The molecule has 0 atom stereocenters. The van der Waals surface area contributed by atoms with Crippen LogP contribution in [0.5, 0.6) is 0 Å². The van der Waals surface area contributed by atoms with Gasteiger partial charge in [-0.3, -0.25) is 9.48 Å². The van der Waals surface area contributed by atoms with E-state index >= 15 is 0 Å². The molecule has 27 heavy (non-hydrogen) atoms. The second kappa shape index (κ2) is 9.54. The molecule has 0 saturated carbocycles. The topological polar surface area (TPSA) is 85.3 Å². The molecular weight excluding hydrogens is 364 g/mol. The fourth-order valence-electron chi connectivity index (χ4n) is 2.35. The first-order valence-electron chi connectivity index (χ1n) is 8.48. The van der Waals surface area contributed by atoms with Crippen LogP contribution in [-0.4, -0.2) is 34.9 Å². The molecule has 2 heterocycles. The number of nitrogens with zero attached hydrogens (tertiary/aromatic N) is 2. The highest BCUT2D eigenvalue weighted by molar-refractivity contribution is 7.08. The van der Waals surface area contributed by atoms with E-state index in [1.807, 2.05) is 59.4 Å². The number of benzene rings is 1. The highest BCUT2D eigenvalue weighted by Gasteiger charge is 2.07. The average molecular weight is 384 g/mol. The molecule has 0 radical (unpaired) electrons. The van der Waals surface area contributed by atoms with Crippen molar-refractivity contribution in [3.63, 3.8) is 0 Å². The van der Waals surface area contributed by atoms with E-state index in [-0.39, 0.29) is 19.1 Å². The molecule has 2 amide bonds. The normalized spacial score (nSPS) is 10.4. The number of hydrogen-bond donors (Lipinski definition) is 2. The van der Waals surface area contributed by atoms with Crippen LogP contribution in [0.15, 0.2) is 59.4 Å². The maximum Gasteiger partial charge on any atom is 0.407 e. The second-order valence-electron chi connectivity index (χ2n) is 5.74. The van der Waals surface area contributed by atoms with Gasteiger partial charge in [0.15, 0.2) is 0 Å². The van der Waals surface area contributed by atoms with E-state index in [9.17, 15) is 9.59 Å². The van der Waals surface area contributed by atoms with E-state index in [1.165, 1.54) is 0 Å². The van der Waals surface area contributed by atoms with Gasteiger partial charge in [-0.25, -0.2) is 4.79 Å². The van der Waals surface area contributed by atoms with Gasteiger partial charge in [0.2, 0.25) is 5.91 Å². The molecule has 2 aromatic heterocycles. The molecule has 0 aliphatic heterocycles. The SMILES string of the molecule is O=C(CNC(=O)OCc1ccccc1)NCCn1ccc(-c2ccsc2)n1. The quantitative estimate of drug-likeness (QED) is 0.625. The Balaban J connectivity index is 1.31. The molecule has 1 aromatic carbocycles. The number of rotatable bonds is 8. The Morgan fingerprint density at radius 1 is 1.11 bits per heavy atom. The molecule has 3 rings (SSSR count). The maximum atomic E-state index is 11.8. The van der Waals surface area contributed by atoms with E-state index in [0.29, 0.717) is 13.1 Å². The van der Waals surface area contributed by atoms with Gasteiger partial charge in [-0.1, -0.05) is 30.3 Å². The van der Waals surface area contributed by atoms with Gasteiger partial charge in [0.1, 0.15) is 6.61 Å². The summed E-state index contributed by atoms with van der Waals surface area (Å²) in [6, 6.07) is 13.3. The predicted molar refractivity (Wildman–Crippen MR) is 103 cm³/mol. The van der Waals surface area contributed by atoms with Crippen LogP contribution in [-0.2, 0) is 22.7 Å². The lowest BCUT2D eigenvalue weighted by Gasteiger charge is -2.08. The minimum absolute atomic E-state index is 0.132. The van der Waals surface area contributed by atoms with Crippen molar-refractivity contribution in [2.45, 2.75) is 13.2 Å². The first-order valence-corrected chi connectivity index (χ1v) is 9.42. The van der Waals surface area contributed by atoms with Crippen molar-refractivity contribution in [3.8, 4) is 11.3 Å². The smallest absolute Gasteiger partial charge is 0.407 e. The second-order valence-corrected chi connectivity index (χ2v) is 6.52. The van der Waals surface area contributed by atoms with E-state index in [0.717, 1.165) is 16.8 Å². The molecule has 0 spiro atoms. The summed E-state index contributed by atoms with van der Waals surface area (Å²) in [6.45, 7) is 1.01. The Hall–Kier alpha value is -3.13. The van der Waals surface area contributed by atoms with E-state index in [4.69, 9.17) is 4.74 Å². The monoisotopic (exact) mass is 384 g/mol. The highest BCUT2D eigenvalue weighted by atomic mass is 32.1. The van der Waals surface area contributed by atoms with Crippen LogP contribution < -0.4 is 10.6 Å². The van der Waals surface area contributed by atoms with Gasteiger partial charge < -0.3 is 15.4 Å². The first-order chi connectivity index (χ1) is 13.2. The molecular formula is C19H20N4O3S. The number of thiophene rings is 1. The van der Waals surface area contributed by atoms with Gasteiger partial charge in [0, 0.05) is 23.7 Å². The Labute approximate surface area is 161 Å². The fourth-order valence-corrected chi connectivity index (χ4v) is 3.00. The lowest BCUT2D eigenvalue weighted by molar-refractivity contribution is -0.120. The number of carbonyl (C=O) groups is 2. The standard InChI is InChI=1S/C19H20N4O3S/c24-18(12-21-19(25)26-13-15-4-2-1-3-5-15)20-8-10-23-9-6-17(22-23)16-7-11-27-14-16/h1-7,9,11,14H,8,10,12-13H2,(H,20,24)(H,21,25). The number of nitrogens with one attached hydrogen (secondary N) is 2. The van der Waals surface area contributed by atoms with Gasteiger partial charge in [0.05, 0.1) is 18.8 Å². The number of aromatic nitrogens is 2. The van der Waals surface area contributed by atoms with Crippen LogP contribution in [0.1, 0.15) is 5.56 Å². The lowest BCUT2D eigenvalue weighted by atomic mass is 10.2. The molecule has 7 nitrogen and oxygen atoms in total. The number of hydrogen-bond acceptors (Lipinski definition) is 5. The zero-order valence-corrected chi connectivity index (χ0v) is 15.4. The third-order valence-electron chi connectivity index (χ3n) is 3.73. The molecule has 0 aliphatic carbocycles. The summed E-state index contributed by atoms with van der Waals surface area (Å²) in [5.41, 5.74) is 2.88. The van der Waals surface area contributed by atoms with Crippen molar-refractivity contribution in [2.24, 2.45) is 0 Å². The largest absolute Gasteiger partial charge is 0.445 e. The van der Waals surface area contributed by atoms with Crippen LogP contribution in [0.25, 0.3) is 11.3 Å². The molecule has 0 fully saturated rings. The van der Waals surface area contributed by atoms with Crippen molar-refractivity contribution in [1.82, 2.24) is 20.4 Å². The summed E-state index contributed by atoms with van der Waals surface area (Å²) in [5.74, 6) is -0.281. The van der Waals surface area contributed by atoms with Crippen molar-refractivity contribution < 1.29 is 14.3 Å². The Bertz CT molecular complexity index is 862. The van der Waals surface area contributed by atoms with Crippen molar-refractivity contribution in [1.29, 1.82) is 0 Å². The Morgan fingerprint density at radius 2 is 1.96 bits per heavy atom. The minimum atomic E-state index is -0.624. The number of ether oxygens (including phenoxy) is 1. The summed E-state index contributed by atoms with van der Waals surface area (Å²) in [7, 11) is 0. The van der Waals surface area contributed by atoms with Crippen LogP contribution in [0.2, 0.25) is 0 Å². The minimum Gasteiger partial charge on any atom is -0.445 e. The van der Waals surface area contributed by atoms with Gasteiger partial charge >= 0.3 is 6.09 Å². The van der Waals surface area contributed by atoms with Gasteiger partial charge in [-0.05, 0) is 23.1 Å². The van der Waals surface area contributed by atoms with Crippen molar-refractivity contribution >= 4 is 23.3 Å². The molecule has 140 valence electrons. The van der Waals surface area contributed by atoms with E-state index in [2.05, 4.69) is 15.7 Å². The molecule has 0 bridgehead atoms.